The number of oxazole rings is 1. The summed E-state index contributed by atoms with van der Waals surface area (Å²) < 4.78 is 7.67. The number of nitrogens with zero attached hydrogens (tertiary/aromatic N) is 4. The lowest BCUT2D eigenvalue weighted by molar-refractivity contribution is 0.619. The van der Waals surface area contributed by atoms with Crippen LogP contribution < -0.4 is 5.73 Å². The summed E-state index contributed by atoms with van der Waals surface area (Å²) in [5.41, 5.74) is 11.0. The van der Waals surface area contributed by atoms with Gasteiger partial charge in [0.25, 0.3) is 0 Å². The second-order valence-electron chi connectivity index (χ2n) is 5.06. The quantitative estimate of drug-likeness (QED) is 0.574. The normalized spacial score (nSPS) is 11.1. The molecule has 6 nitrogen and oxygen atoms in total. The van der Waals surface area contributed by atoms with Gasteiger partial charge in [0, 0.05) is 11.3 Å². The summed E-state index contributed by atoms with van der Waals surface area (Å²) in [5.74, 6) is 0.570. The van der Waals surface area contributed by atoms with E-state index in [2.05, 4.69) is 15.2 Å². The summed E-state index contributed by atoms with van der Waals surface area (Å²) in [6, 6.07) is 11.5. The molecule has 4 rings (SSSR count). The van der Waals surface area contributed by atoms with Gasteiger partial charge in [0.15, 0.2) is 5.58 Å². The van der Waals surface area contributed by atoms with E-state index in [1.165, 1.54) is 0 Å². The van der Waals surface area contributed by atoms with Gasteiger partial charge in [0.2, 0.25) is 5.89 Å². The zero-order chi connectivity index (χ0) is 15.1. The molecular formula is C16H13N5O. The maximum absolute atomic E-state index is 5.95. The van der Waals surface area contributed by atoms with Crippen LogP contribution in [0.2, 0.25) is 0 Å². The van der Waals surface area contributed by atoms with Gasteiger partial charge in [0.05, 0.1) is 5.69 Å². The van der Waals surface area contributed by atoms with Gasteiger partial charge in [-0.2, -0.15) is 0 Å². The summed E-state index contributed by atoms with van der Waals surface area (Å²) in [4.78, 5) is 4.58. The van der Waals surface area contributed by atoms with Gasteiger partial charge in [-0.25, -0.2) is 4.98 Å². The van der Waals surface area contributed by atoms with Crippen molar-refractivity contribution in [1.82, 2.24) is 19.7 Å². The van der Waals surface area contributed by atoms with Crippen LogP contribution in [0, 0.1) is 6.92 Å². The molecule has 0 spiro atoms. The van der Waals surface area contributed by atoms with Crippen molar-refractivity contribution >= 4 is 16.8 Å². The van der Waals surface area contributed by atoms with Crippen LogP contribution in [0.4, 0.5) is 5.69 Å². The van der Waals surface area contributed by atoms with E-state index in [0.717, 1.165) is 33.6 Å². The number of anilines is 1. The van der Waals surface area contributed by atoms with Crippen molar-refractivity contribution in [3.05, 3.63) is 54.6 Å². The molecule has 0 radical (unpaired) electrons. The average molecular weight is 291 g/mol. The molecule has 0 saturated heterocycles. The molecule has 2 N–H and O–H groups in total. The number of nitrogen functional groups attached to an aromatic ring is 1. The molecule has 0 atom stereocenters. The van der Waals surface area contributed by atoms with E-state index in [0.29, 0.717) is 5.89 Å². The maximum Gasteiger partial charge on any atom is 0.227 e. The van der Waals surface area contributed by atoms with Crippen LogP contribution in [0.25, 0.3) is 28.2 Å². The van der Waals surface area contributed by atoms with E-state index in [9.17, 15) is 0 Å². The first kappa shape index (κ1) is 12.6. The Labute approximate surface area is 126 Å². The maximum atomic E-state index is 5.95. The molecule has 2 aromatic carbocycles. The lowest BCUT2D eigenvalue weighted by Crippen LogP contribution is -1.91. The number of hydrogen-bond donors (Lipinski definition) is 1. The van der Waals surface area contributed by atoms with Crippen molar-refractivity contribution in [2.24, 2.45) is 0 Å². The molecule has 2 heterocycles. The predicted octanol–water partition coefficient (Wildman–Crippen LogP) is 2.97. The fourth-order valence-electron chi connectivity index (χ4n) is 2.41. The first-order valence-corrected chi connectivity index (χ1v) is 6.83. The number of hydrogen-bond acceptors (Lipinski definition) is 5. The third kappa shape index (κ3) is 1.93. The highest BCUT2D eigenvalue weighted by molar-refractivity contribution is 5.79. The minimum atomic E-state index is 0.570. The molecule has 4 aromatic rings. The molecule has 0 bridgehead atoms. The SMILES string of the molecule is Cc1c(N)cccc1-c1nc2cc(-n3cnnc3)ccc2o1. The summed E-state index contributed by atoms with van der Waals surface area (Å²) >= 11 is 0. The van der Waals surface area contributed by atoms with Crippen LogP contribution in [-0.4, -0.2) is 19.7 Å². The minimum absolute atomic E-state index is 0.570. The second kappa shape index (κ2) is 4.70. The Bertz CT molecular complexity index is 956. The third-order valence-electron chi connectivity index (χ3n) is 3.69. The highest BCUT2D eigenvalue weighted by Crippen LogP contribution is 2.30. The van der Waals surface area contributed by atoms with Gasteiger partial charge in [-0.05, 0) is 42.8 Å². The van der Waals surface area contributed by atoms with Crippen LogP contribution in [0.5, 0.6) is 0 Å². The lowest BCUT2D eigenvalue weighted by Gasteiger charge is -2.03. The van der Waals surface area contributed by atoms with Crippen LogP contribution in [0.1, 0.15) is 5.56 Å². The number of fused-ring (bicyclic) bond motifs is 1. The van der Waals surface area contributed by atoms with Crippen LogP contribution in [0.3, 0.4) is 0 Å². The first-order chi connectivity index (χ1) is 10.7. The Morgan fingerprint density at radius 2 is 1.91 bits per heavy atom. The molecule has 0 aliphatic rings. The van der Waals surface area contributed by atoms with Crippen LogP contribution in [0.15, 0.2) is 53.5 Å². The van der Waals surface area contributed by atoms with Crippen molar-refractivity contribution in [3.63, 3.8) is 0 Å². The second-order valence-corrected chi connectivity index (χ2v) is 5.06. The lowest BCUT2D eigenvalue weighted by atomic mass is 10.1. The molecular weight excluding hydrogens is 278 g/mol. The van der Waals surface area contributed by atoms with Gasteiger partial charge in [-0.15, -0.1) is 10.2 Å². The van der Waals surface area contributed by atoms with Gasteiger partial charge < -0.3 is 10.2 Å². The van der Waals surface area contributed by atoms with Crippen molar-refractivity contribution in [3.8, 4) is 17.1 Å². The van der Waals surface area contributed by atoms with E-state index in [1.807, 2.05) is 47.9 Å². The molecule has 108 valence electrons. The zero-order valence-corrected chi connectivity index (χ0v) is 11.9. The van der Waals surface area contributed by atoms with Crippen molar-refractivity contribution < 1.29 is 4.42 Å². The Balaban J connectivity index is 1.86. The van der Waals surface area contributed by atoms with E-state index < -0.39 is 0 Å². The molecule has 0 aliphatic carbocycles. The zero-order valence-electron chi connectivity index (χ0n) is 11.9. The van der Waals surface area contributed by atoms with Crippen LogP contribution in [-0.2, 0) is 0 Å². The summed E-state index contributed by atoms with van der Waals surface area (Å²) in [6.07, 6.45) is 3.29. The Hall–Kier alpha value is -3.15. The monoisotopic (exact) mass is 291 g/mol. The molecule has 0 saturated carbocycles. The van der Waals surface area contributed by atoms with Gasteiger partial charge in [0.1, 0.15) is 18.2 Å². The van der Waals surface area contributed by atoms with Crippen molar-refractivity contribution in [2.45, 2.75) is 6.92 Å². The minimum Gasteiger partial charge on any atom is -0.436 e. The highest BCUT2D eigenvalue weighted by atomic mass is 16.3. The molecule has 0 amide bonds. The largest absolute Gasteiger partial charge is 0.436 e. The fourth-order valence-corrected chi connectivity index (χ4v) is 2.41. The molecule has 22 heavy (non-hydrogen) atoms. The molecule has 0 fully saturated rings. The third-order valence-corrected chi connectivity index (χ3v) is 3.69. The van der Waals surface area contributed by atoms with Gasteiger partial charge in [-0.1, -0.05) is 6.07 Å². The Kier molecular flexibility index (Phi) is 2.69. The standard InChI is InChI=1S/C16H13N5O/c1-10-12(3-2-4-13(10)17)16-20-14-7-11(5-6-15(14)22-16)21-8-18-19-9-21/h2-9H,17H2,1H3. The number of aromatic nitrogens is 4. The summed E-state index contributed by atoms with van der Waals surface area (Å²) in [7, 11) is 0. The summed E-state index contributed by atoms with van der Waals surface area (Å²) in [6.45, 7) is 1.96. The van der Waals surface area contributed by atoms with Crippen LogP contribution >= 0.6 is 0 Å². The molecule has 0 unspecified atom stereocenters. The van der Waals surface area contributed by atoms with E-state index in [4.69, 9.17) is 10.2 Å². The number of rotatable bonds is 2. The van der Waals surface area contributed by atoms with Crippen molar-refractivity contribution in [1.29, 1.82) is 0 Å². The smallest absolute Gasteiger partial charge is 0.227 e. The topological polar surface area (TPSA) is 82.8 Å². The molecule has 0 aliphatic heterocycles. The average Bonchev–Trinajstić information content (AvgIpc) is 3.17. The van der Waals surface area contributed by atoms with Gasteiger partial charge in [-0.3, -0.25) is 4.57 Å². The number of benzene rings is 2. The first-order valence-electron chi connectivity index (χ1n) is 6.83. The van der Waals surface area contributed by atoms with Crippen molar-refractivity contribution in [2.75, 3.05) is 5.73 Å². The van der Waals surface area contributed by atoms with E-state index >= 15 is 0 Å². The van der Waals surface area contributed by atoms with E-state index in [-0.39, 0.29) is 0 Å². The molecule has 2 aromatic heterocycles. The Morgan fingerprint density at radius 1 is 1.09 bits per heavy atom. The van der Waals surface area contributed by atoms with Gasteiger partial charge >= 0.3 is 0 Å². The number of nitrogens with two attached hydrogens (primary N) is 1. The Morgan fingerprint density at radius 3 is 2.73 bits per heavy atom. The summed E-state index contributed by atoms with van der Waals surface area (Å²) in [5, 5.41) is 7.62. The molecule has 6 heteroatoms. The predicted molar refractivity (Wildman–Crippen MR) is 83.5 cm³/mol. The fraction of sp³-hybridized carbons (Fsp3) is 0.0625. The van der Waals surface area contributed by atoms with E-state index in [1.54, 1.807) is 12.7 Å². The highest BCUT2D eigenvalue weighted by Gasteiger charge is 2.12.